The maximum atomic E-state index is 12.4. The average Bonchev–Trinajstić information content (AvgIpc) is 2.77. The maximum absolute atomic E-state index is 12.4. The van der Waals surface area contributed by atoms with E-state index < -0.39 is 34.0 Å². The third kappa shape index (κ3) is 7.56. The molecule has 1 heterocycles. The van der Waals surface area contributed by atoms with Crippen molar-refractivity contribution in [1.82, 2.24) is 15.4 Å². The van der Waals surface area contributed by atoms with Crippen molar-refractivity contribution in [3.8, 4) is 0 Å². The molecule has 0 aromatic heterocycles. The standard InChI is InChI=1S/C21H28N4O8S/c1-4-16-19(20(28)32-5-2)17(25-21(29)24-16)12-33-18(27)10-11-22-34(30,31)15-8-6-14(7-9-15)23-13(3)26/h6-9,16,22H,4-5,10-12H2,1-3H3,(H,23,26)(H2,24,25,29). The van der Waals surface area contributed by atoms with Crippen molar-refractivity contribution in [3.05, 3.63) is 35.5 Å². The first kappa shape index (κ1) is 26.8. The summed E-state index contributed by atoms with van der Waals surface area (Å²) < 4.78 is 37.2. The summed E-state index contributed by atoms with van der Waals surface area (Å²) in [7, 11) is -3.89. The molecule has 4 N–H and O–H groups in total. The molecule has 1 aliphatic heterocycles. The van der Waals surface area contributed by atoms with E-state index in [-0.39, 0.29) is 48.3 Å². The number of nitrogens with one attached hydrogen (secondary N) is 4. The Labute approximate surface area is 197 Å². The summed E-state index contributed by atoms with van der Waals surface area (Å²) in [5.41, 5.74) is 0.726. The van der Waals surface area contributed by atoms with Gasteiger partial charge < -0.3 is 25.4 Å². The van der Waals surface area contributed by atoms with Crippen LogP contribution in [0.2, 0.25) is 0 Å². The molecule has 1 unspecified atom stereocenters. The zero-order valence-corrected chi connectivity index (χ0v) is 19.9. The van der Waals surface area contributed by atoms with E-state index in [1.165, 1.54) is 31.2 Å². The second-order valence-corrected chi connectivity index (χ2v) is 8.95. The lowest BCUT2D eigenvalue weighted by molar-refractivity contribution is -0.143. The Morgan fingerprint density at radius 2 is 1.76 bits per heavy atom. The monoisotopic (exact) mass is 496 g/mol. The number of ether oxygens (including phenoxy) is 2. The normalized spacial score (nSPS) is 15.7. The molecule has 1 aliphatic rings. The first-order chi connectivity index (χ1) is 16.1. The Morgan fingerprint density at radius 1 is 1.09 bits per heavy atom. The summed E-state index contributed by atoms with van der Waals surface area (Å²) in [6.45, 7) is 4.28. The van der Waals surface area contributed by atoms with Gasteiger partial charge in [0, 0.05) is 19.2 Å². The predicted octanol–water partition coefficient (Wildman–Crippen LogP) is 0.765. The van der Waals surface area contributed by atoms with Gasteiger partial charge in [-0.15, -0.1) is 0 Å². The van der Waals surface area contributed by atoms with Crippen molar-refractivity contribution in [2.75, 3.05) is 25.1 Å². The van der Waals surface area contributed by atoms with Gasteiger partial charge in [0.2, 0.25) is 15.9 Å². The molecule has 1 aromatic carbocycles. The quantitative estimate of drug-likeness (QED) is 0.326. The van der Waals surface area contributed by atoms with E-state index in [0.717, 1.165) is 0 Å². The van der Waals surface area contributed by atoms with Gasteiger partial charge in [0.05, 0.1) is 35.2 Å². The SMILES string of the molecule is CCOC(=O)C1=C(COC(=O)CCNS(=O)(=O)c2ccc(NC(C)=O)cc2)NC(=O)NC1CC. The molecule has 13 heteroatoms. The number of carbonyl (C=O) groups excluding carboxylic acids is 4. The zero-order chi connectivity index (χ0) is 25.3. The number of urea groups is 1. The second kappa shape index (κ2) is 12.1. The minimum atomic E-state index is -3.89. The summed E-state index contributed by atoms with van der Waals surface area (Å²) >= 11 is 0. The van der Waals surface area contributed by atoms with E-state index in [1.807, 2.05) is 0 Å². The summed E-state index contributed by atoms with van der Waals surface area (Å²) in [5.74, 6) is -1.66. The summed E-state index contributed by atoms with van der Waals surface area (Å²) in [6.07, 6.45) is 0.140. The number of carbonyl (C=O) groups is 4. The Bertz CT molecular complexity index is 1070. The van der Waals surface area contributed by atoms with Crippen molar-refractivity contribution in [3.63, 3.8) is 0 Å². The molecule has 0 saturated heterocycles. The maximum Gasteiger partial charge on any atom is 0.338 e. The fourth-order valence-corrected chi connectivity index (χ4v) is 4.12. The second-order valence-electron chi connectivity index (χ2n) is 7.19. The molecule has 0 spiro atoms. The largest absolute Gasteiger partial charge is 0.463 e. The van der Waals surface area contributed by atoms with Crippen LogP contribution in [0.5, 0.6) is 0 Å². The highest BCUT2D eigenvalue weighted by atomic mass is 32.2. The van der Waals surface area contributed by atoms with Crippen molar-refractivity contribution in [2.24, 2.45) is 0 Å². The van der Waals surface area contributed by atoms with Crippen molar-refractivity contribution < 1.29 is 37.1 Å². The van der Waals surface area contributed by atoms with Crippen LogP contribution in [-0.2, 0) is 33.9 Å². The van der Waals surface area contributed by atoms with Crippen LogP contribution in [-0.4, -0.2) is 58.1 Å². The van der Waals surface area contributed by atoms with Crippen LogP contribution < -0.4 is 20.7 Å². The lowest BCUT2D eigenvalue weighted by atomic mass is 10.0. The van der Waals surface area contributed by atoms with E-state index in [1.54, 1.807) is 13.8 Å². The van der Waals surface area contributed by atoms with Crippen LogP contribution >= 0.6 is 0 Å². The number of hydrogen-bond acceptors (Lipinski definition) is 8. The predicted molar refractivity (Wildman–Crippen MR) is 121 cm³/mol. The molecule has 3 amide bonds. The van der Waals surface area contributed by atoms with Gasteiger partial charge in [0.25, 0.3) is 0 Å². The van der Waals surface area contributed by atoms with E-state index in [4.69, 9.17) is 9.47 Å². The molecule has 186 valence electrons. The average molecular weight is 497 g/mol. The molecule has 0 radical (unpaired) electrons. The minimum absolute atomic E-state index is 0.0396. The number of hydrogen-bond donors (Lipinski definition) is 4. The topological polar surface area (TPSA) is 169 Å². The van der Waals surface area contributed by atoms with Gasteiger partial charge in [-0.05, 0) is 37.6 Å². The summed E-state index contributed by atoms with van der Waals surface area (Å²) in [4.78, 5) is 47.3. The molecule has 2 rings (SSSR count). The molecule has 1 atom stereocenters. The fourth-order valence-electron chi connectivity index (χ4n) is 3.09. The van der Waals surface area contributed by atoms with Crippen LogP contribution in [0.1, 0.15) is 33.6 Å². The molecular weight excluding hydrogens is 468 g/mol. The van der Waals surface area contributed by atoms with Crippen LogP contribution in [0.3, 0.4) is 0 Å². The molecule has 34 heavy (non-hydrogen) atoms. The van der Waals surface area contributed by atoms with Crippen molar-refractivity contribution in [2.45, 2.75) is 44.6 Å². The molecular formula is C21H28N4O8S. The number of esters is 2. The molecule has 0 saturated carbocycles. The first-order valence-corrected chi connectivity index (χ1v) is 12.1. The van der Waals surface area contributed by atoms with E-state index in [9.17, 15) is 27.6 Å². The van der Waals surface area contributed by atoms with Crippen LogP contribution in [0.25, 0.3) is 0 Å². The summed E-state index contributed by atoms with van der Waals surface area (Å²) in [5, 5.41) is 7.59. The van der Waals surface area contributed by atoms with Gasteiger partial charge >= 0.3 is 18.0 Å². The Kier molecular flexibility index (Phi) is 9.57. The molecule has 0 fully saturated rings. The third-order valence-electron chi connectivity index (χ3n) is 4.63. The lowest BCUT2D eigenvalue weighted by Gasteiger charge is -2.28. The lowest BCUT2D eigenvalue weighted by Crippen LogP contribution is -2.51. The molecule has 1 aromatic rings. The highest BCUT2D eigenvalue weighted by Crippen LogP contribution is 2.18. The fraction of sp³-hybridized carbons (Fsp3) is 0.429. The van der Waals surface area contributed by atoms with Gasteiger partial charge in [-0.25, -0.2) is 22.7 Å². The van der Waals surface area contributed by atoms with Gasteiger partial charge in [-0.2, -0.15) is 0 Å². The van der Waals surface area contributed by atoms with Gasteiger partial charge in [0.15, 0.2) is 0 Å². The first-order valence-electron chi connectivity index (χ1n) is 10.6. The van der Waals surface area contributed by atoms with E-state index >= 15 is 0 Å². The summed E-state index contributed by atoms with van der Waals surface area (Å²) in [6, 6.07) is 4.39. The van der Waals surface area contributed by atoms with Crippen LogP contribution in [0.15, 0.2) is 40.4 Å². The number of anilines is 1. The highest BCUT2D eigenvalue weighted by molar-refractivity contribution is 7.89. The number of amides is 3. The third-order valence-corrected chi connectivity index (χ3v) is 6.11. The molecule has 0 bridgehead atoms. The van der Waals surface area contributed by atoms with Crippen molar-refractivity contribution >= 4 is 39.6 Å². The van der Waals surface area contributed by atoms with Gasteiger partial charge in [-0.1, -0.05) is 6.92 Å². The highest BCUT2D eigenvalue weighted by Gasteiger charge is 2.32. The van der Waals surface area contributed by atoms with Crippen LogP contribution in [0, 0.1) is 0 Å². The number of rotatable bonds is 11. The Balaban J connectivity index is 1.94. The molecule has 0 aliphatic carbocycles. The number of sulfonamides is 1. The van der Waals surface area contributed by atoms with Gasteiger partial charge in [-0.3, -0.25) is 9.59 Å². The zero-order valence-electron chi connectivity index (χ0n) is 19.1. The Hall–Kier alpha value is -3.45. The Morgan fingerprint density at radius 3 is 2.35 bits per heavy atom. The van der Waals surface area contributed by atoms with E-state index in [0.29, 0.717) is 12.1 Å². The van der Waals surface area contributed by atoms with Crippen LogP contribution in [0.4, 0.5) is 10.5 Å². The van der Waals surface area contributed by atoms with Crippen molar-refractivity contribution in [1.29, 1.82) is 0 Å². The number of benzene rings is 1. The minimum Gasteiger partial charge on any atom is -0.463 e. The van der Waals surface area contributed by atoms with E-state index in [2.05, 4.69) is 20.7 Å². The smallest absolute Gasteiger partial charge is 0.338 e. The molecule has 12 nitrogen and oxygen atoms in total. The van der Waals surface area contributed by atoms with Gasteiger partial charge in [0.1, 0.15) is 6.61 Å².